The topological polar surface area (TPSA) is 26.0 Å². The number of benzene rings is 2. The van der Waals surface area contributed by atoms with Crippen molar-refractivity contribution in [3.05, 3.63) is 47.5 Å². The van der Waals surface area contributed by atoms with Gasteiger partial charge in [-0.3, -0.25) is 0 Å². The Labute approximate surface area is 110 Å². The minimum Gasteiger partial charge on any atom is -0.330 e. The van der Waals surface area contributed by atoms with Crippen LogP contribution in [0.1, 0.15) is 36.8 Å². The van der Waals surface area contributed by atoms with Gasteiger partial charge in [-0.1, -0.05) is 49.2 Å². The van der Waals surface area contributed by atoms with E-state index in [1.807, 2.05) is 0 Å². The molecule has 0 radical (unpaired) electrons. The van der Waals surface area contributed by atoms with Crippen LogP contribution in [0, 0.1) is 6.92 Å². The third kappa shape index (κ3) is 3.11. The lowest BCUT2D eigenvalue weighted by molar-refractivity contribution is 0.648. The molecule has 0 amide bonds. The van der Waals surface area contributed by atoms with Crippen molar-refractivity contribution < 1.29 is 0 Å². The van der Waals surface area contributed by atoms with Crippen LogP contribution in [0.2, 0.25) is 0 Å². The number of fused-ring (bicyclic) bond motifs is 1. The summed E-state index contributed by atoms with van der Waals surface area (Å²) in [6, 6.07) is 13.3. The molecule has 0 aromatic heterocycles. The first-order valence-electron chi connectivity index (χ1n) is 7.00. The average Bonchev–Trinajstić information content (AvgIpc) is 2.41. The summed E-state index contributed by atoms with van der Waals surface area (Å²) in [7, 11) is 0. The van der Waals surface area contributed by atoms with E-state index in [0.717, 1.165) is 13.0 Å². The number of hydrogen-bond acceptors (Lipinski definition) is 1. The van der Waals surface area contributed by atoms with Crippen molar-refractivity contribution in [2.75, 3.05) is 6.54 Å². The molecule has 96 valence electrons. The summed E-state index contributed by atoms with van der Waals surface area (Å²) < 4.78 is 0. The van der Waals surface area contributed by atoms with E-state index < -0.39 is 0 Å². The van der Waals surface area contributed by atoms with Crippen LogP contribution >= 0.6 is 0 Å². The van der Waals surface area contributed by atoms with Gasteiger partial charge in [-0.15, -0.1) is 0 Å². The molecule has 0 heterocycles. The second-order valence-electron chi connectivity index (χ2n) is 5.04. The minimum atomic E-state index is 0.827. The van der Waals surface area contributed by atoms with Crippen molar-refractivity contribution in [3.63, 3.8) is 0 Å². The Morgan fingerprint density at radius 1 is 0.833 bits per heavy atom. The summed E-state index contributed by atoms with van der Waals surface area (Å²) in [5, 5.41) is 2.83. The fourth-order valence-electron chi connectivity index (χ4n) is 2.54. The molecule has 0 atom stereocenters. The van der Waals surface area contributed by atoms with Crippen LogP contribution in [-0.2, 0) is 6.42 Å². The van der Waals surface area contributed by atoms with Gasteiger partial charge in [0.1, 0.15) is 0 Å². The van der Waals surface area contributed by atoms with Gasteiger partial charge in [-0.2, -0.15) is 0 Å². The number of aryl methyl sites for hydroxylation is 2. The summed E-state index contributed by atoms with van der Waals surface area (Å²) in [4.78, 5) is 0. The van der Waals surface area contributed by atoms with Gasteiger partial charge in [0.15, 0.2) is 0 Å². The normalized spacial score (nSPS) is 11.0. The van der Waals surface area contributed by atoms with Crippen molar-refractivity contribution in [2.45, 2.75) is 39.0 Å². The fraction of sp³-hybridized carbons (Fsp3) is 0.412. The van der Waals surface area contributed by atoms with Gasteiger partial charge in [0, 0.05) is 0 Å². The first-order valence-corrected chi connectivity index (χ1v) is 7.00. The Kier molecular flexibility index (Phi) is 4.77. The zero-order valence-corrected chi connectivity index (χ0v) is 11.3. The molecule has 0 fully saturated rings. The molecule has 0 aliphatic carbocycles. The SMILES string of the molecule is Cc1ccc(CCCCCCN)c2ccccc12. The van der Waals surface area contributed by atoms with Gasteiger partial charge in [-0.25, -0.2) is 0 Å². The Morgan fingerprint density at radius 3 is 2.33 bits per heavy atom. The molecule has 2 aromatic carbocycles. The Bertz CT molecular complexity index is 502. The molecule has 0 saturated carbocycles. The van der Waals surface area contributed by atoms with Gasteiger partial charge in [-0.05, 0) is 54.6 Å². The maximum Gasteiger partial charge on any atom is -0.00773 e. The smallest absolute Gasteiger partial charge is 0.00773 e. The van der Waals surface area contributed by atoms with E-state index in [9.17, 15) is 0 Å². The lowest BCUT2D eigenvalue weighted by Crippen LogP contribution is -1.98. The van der Waals surface area contributed by atoms with Gasteiger partial charge in [0.05, 0.1) is 0 Å². The number of hydrogen-bond donors (Lipinski definition) is 1. The fourth-order valence-corrected chi connectivity index (χ4v) is 2.54. The molecule has 2 rings (SSSR count). The zero-order valence-electron chi connectivity index (χ0n) is 11.3. The Morgan fingerprint density at radius 2 is 1.56 bits per heavy atom. The monoisotopic (exact) mass is 241 g/mol. The molecular formula is C17H23N. The Hall–Kier alpha value is -1.34. The number of nitrogens with two attached hydrogens (primary N) is 1. The molecule has 0 saturated heterocycles. The maximum absolute atomic E-state index is 5.51. The third-order valence-electron chi connectivity index (χ3n) is 3.63. The molecule has 0 bridgehead atoms. The largest absolute Gasteiger partial charge is 0.330 e. The molecule has 1 heteroatoms. The van der Waals surface area contributed by atoms with Crippen LogP contribution < -0.4 is 5.73 Å². The molecule has 0 aliphatic heterocycles. The van der Waals surface area contributed by atoms with Crippen LogP contribution in [0.15, 0.2) is 36.4 Å². The maximum atomic E-state index is 5.51. The van der Waals surface area contributed by atoms with Crippen molar-refractivity contribution >= 4 is 10.8 Å². The number of rotatable bonds is 6. The molecule has 1 nitrogen and oxygen atoms in total. The molecule has 0 spiro atoms. The average molecular weight is 241 g/mol. The van der Waals surface area contributed by atoms with E-state index in [1.54, 1.807) is 0 Å². The van der Waals surface area contributed by atoms with Crippen molar-refractivity contribution in [3.8, 4) is 0 Å². The molecule has 2 N–H and O–H groups in total. The molecular weight excluding hydrogens is 218 g/mol. The highest BCUT2D eigenvalue weighted by Gasteiger charge is 2.02. The molecule has 0 unspecified atom stereocenters. The van der Waals surface area contributed by atoms with Crippen molar-refractivity contribution in [2.24, 2.45) is 5.73 Å². The van der Waals surface area contributed by atoms with E-state index in [1.165, 1.54) is 47.6 Å². The minimum absolute atomic E-state index is 0.827. The van der Waals surface area contributed by atoms with Gasteiger partial charge < -0.3 is 5.73 Å². The van der Waals surface area contributed by atoms with Crippen molar-refractivity contribution in [1.82, 2.24) is 0 Å². The summed E-state index contributed by atoms with van der Waals surface area (Å²) in [5.74, 6) is 0. The highest BCUT2D eigenvalue weighted by atomic mass is 14.5. The summed E-state index contributed by atoms with van der Waals surface area (Å²) in [5.41, 5.74) is 8.38. The van der Waals surface area contributed by atoms with Gasteiger partial charge in [0.2, 0.25) is 0 Å². The standard InChI is InChI=1S/C17H23N/c1-14-11-12-15(8-4-2-3-7-13-18)17-10-6-5-9-16(14)17/h5-6,9-12H,2-4,7-8,13,18H2,1H3. The van der Waals surface area contributed by atoms with Crippen LogP contribution in [-0.4, -0.2) is 6.54 Å². The predicted molar refractivity (Wildman–Crippen MR) is 79.9 cm³/mol. The first-order chi connectivity index (χ1) is 8.83. The first kappa shape index (κ1) is 13.1. The van der Waals surface area contributed by atoms with Crippen LogP contribution in [0.25, 0.3) is 10.8 Å². The van der Waals surface area contributed by atoms with Crippen LogP contribution in [0.4, 0.5) is 0 Å². The van der Waals surface area contributed by atoms with Crippen LogP contribution in [0.3, 0.4) is 0 Å². The van der Waals surface area contributed by atoms with Crippen LogP contribution in [0.5, 0.6) is 0 Å². The predicted octanol–water partition coefficient (Wildman–Crippen LogP) is 4.21. The second-order valence-corrected chi connectivity index (χ2v) is 5.04. The van der Waals surface area contributed by atoms with E-state index >= 15 is 0 Å². The summed E-state index contributed by atoms with van der Waals surface area (Å²) in [6.45, 7) is 3.01. The molecule has 18 heavy (non-hydrogen) atoms. The number of unbranched alkanes of at least 4 members (excludes halogenated alkanes) is 3. The van der Waals surface area contributed by atoms with E-state index in [-0.39, 0.29) is 0 Å². The highest BCUT2D eigenvalue weighted by Crippen LogP contribution is 2.23. The summed E-state index contributed by atoms with van der Waals surface area (Å²) >= 11 is 0. The Balaban J connectivity index is 2.07. The van der Waals surface area contributed by atoms with E-state index in [0.29, 0.717) is 0 Å². The zero-order chi connectivity index (χ0) is 12.8. The van der Waals surface area contributed by atoms with Crippen molar-refractivity contribution in [1.29, 1.82) is 0 Å². The third-order valence-corrected chi connectivity index (χ3v) is 3.63. The quantitative estimate of drug-likeness (QED) is 0.753. The van der Waals surface area contributed by atoms with Gasteiger partial charge >= 0.3 is 0 Å². The highest BCUT2D eigenvalue weighted by molar-refractivity contribution is 5.88. The van der Waals surface area contributed by atoms with E-state index in [2.05, 4.69) is 43.3 Å². The molecule has 2 aromatic rings. The lowest BCUT2D eigenvalue weighted by Gasteiger charge is -2.09. The molecule has 0 aliphatic rings. The van der Waals surface area contributed by atoms with Gasteiger partial charge in [0.25, 0.3) is 0 Å². The second kappa shape index (κ2) is 6.55. The lowest BCUT2D eigenvalue weighted by atomic mass is 9.96. The van der Waals surface area contributed by atoms with E-state index in [4.69, 9.17) is 5.73 Å². The summed E-state index contributed by atoms with van der Waals surface area (Å²) in [6.07, 6.45) is 6.17.